The standard InChI is InChI=1S/C16H27NO/c1-3-5-8-13(7-4-2)17-15-9-6-10-16-14(15)11-12-18-16/h11-13,15,17H,3-10H2,1-2H3. The number of rotatable bonds is 7. The minimum Gasteiger partial charge on any atom is -0.469 e. The molecule has 0 fully saturated rings. The molecule has 2 unspecified atom stereocenters. The van der Waals surface area contributed by atoms with E-state index in [0.717, 1.165) is 6.42 Å². The van der Waals surface area contributed by atoms with Crippen LogP contribution in [0.1, 0.15) is 76.2 Å². The molecule has 2 nitrogen and oxygen atoms in total. The van der Waals surface area contributed by atoms with Crippen molar-refractivity contribution in [1.82, 2.24) is 5.32 Å². The molecule has 0 saturated carbocycles. The number of aryl methyl sites for hydroxylation is 1. The fourth-order valence-corrected chi connectivity index (χ4v) is 3.05. The first kappa shape index (κ1) is 13.7. The topological polar surface area (TPSA) is 25.2 Å². The first-order chi connectivity index (χ1) is 8.85. The second kappa shape index (κ2) is 6.98. The zero-order valence-electron chi connectivity index (χ0n) is 11.9. The summed E-state index contributed by atoms with van der Waals surface area (Å²) in [7, 11) is 0. The van der Waals surface area contributed by atoms with Crippen LogP contribution in [0.3, 0.4) is 0 Å². The number of fused-ring (bicyclic) bond motifs is 1. The molecule has 1 aromatic rings. The highest BCUT2D eigenvalue weighted by Gasteiger charge is 2.24. The molecule has 102 valence electrons. The minimum atomic E-state index is 0.529. The fraction of sp³-hybridized carbons (Fsp3) is 0.750. The van der Waals surface area contributed by atoms with Crippen molar-refractivity contribution < 1.29 is 4.42 Å². The van der Waals surface area contributed by atoms with E-state index in [1.807, 2.05) is 6.26 Å². The third-order valence-electron chi connectivity index (χ3n) is 4.03. The lowest BCUT2D eigenvalue weighted by molar-refractivity contribution is 0.343. The Balaban J connectivity index is 1.95. The number of nitrogens with one attached hydrogen (secondary N) is 1. The van der Waals surface area contributed by atoms with Gasteiger partial charge >= 0.3 is 0 Å². The van der Waals surface area contributed by atoms with E-state index in [2.05, 4.69) is 25.2 Å². The van der Waals surface area contributed by atoms with Gasteiger partial charge in [-0.2, -0.15) is 0 Å². The molecule has 0 aliphatic heterocycles. The Kier molecular flexibility index (Phi) is 5.30. The van der Waals surface area contributed by atoms with E-state index in [9.17, 15) is 0 Å². The van der Waals surface area contributed by atoms with Crippen molar-refractivity contribution >= 4 is 0 Å². The lowest BCUT2D eigenvalue weighted by atomic mass is 9.92. The molecule has 1 aromatic heterocycles. The van der Waals surface area contributed by atoms with Crippen molar-refractivity contribution in [3.05, 3.63) is 23.7 Å². The zero-order chi connectivity index (χ0) is 12.8. The average molecular weight is 249 g/mol. The van der Waals surface area contributed by atoms with Gasteiger partial charge in [-0.15, -0.1) is 0 Å². The van der Waals surface area contributed by atoms with E-state index >= 15 is 0 Å². The van der Waals surface area contributed by atoms with Gasteiger partial charge in [0.1, 0.15) is 5.76 Å². The number of hydrogen-bond donors (Lipinski definition) is 1. The van der Waals surface area contributed by atoms with Gasteiger partial charge in [0, 0.05) is 24.1 Å². The van der Waals surface area contributed by atoms with Gasteiger partial charge in [0.2, 0.25) is 0 Å². The Morgan fingerprint density at radius 3 is 3.00 bits per heavy atom. The molecule has 2 heteroatoms. The maximum absolute atomic E-state index is 5.57. The molecule has 0 radical (unpaired) electrons. The summed E-state index contributed by atoms with van der Waals surface area (Å²) in [6.07, 6.45) is 12.0. The van der Waals surface area contributed by atoms with Crippen molar-refractivity contribution in [3.63, 3.8) is 0 Å². The van der Waals surface area contributed by atoms with Crippen LogP contribution in [-0.2, 0) is 6.42 Å². The van der Waals surface area contributed by atoms with Crippen LogP contribution in [0.2, 0.25) is 0 Å². The highest BCUT2D eigenvalue weighted by molar-refractivity contribution is 5.24. The summed E-state index contributed by atoms with van der Waals surface area (Å²) in [6, 6.07) is 3.37. The third-order valence-corrected chi connectivity index (χ3v) is 4.03. The monoisotopic (exact) mass is 249 g/mol. The minimum absolute atomic E-state index is 0.529. The maximum atomic E-state index is 5.57. The summed E-state index contributed by atoms with van der Waals surface area (Å²) in [5.41, 5.74) is 1.42. The molecule has 0 aromatic carbocycles. The predicted molar refractivity (Wildman–Crippen MR) is 75.7 cm³/mol. The van der Waals surface area contributed by atoms with Gasteiger partial charge in [0.25, 0.3) is 0 Å². The Morgan fingerprint density at radius 2 is 2.22 bits per heavy atom. The molecule has 0 amide bonds. The highest BCUT2D eigenvalue weighted by Crippen LogP contribution is 2.31. The van der Waals surface area contributed by atoms with Crippen LogP contribution in [0.4, 0.5) is 0 Å². The van der Waals surface area contributed by atoms with E-state index in [-0.39, 0.29) is 0 Å². The van der Waals surface area contributed by atoms with E-state index in [0.29, 0.717) is 12.1 Å². The average Bonchev–Trinajstić information content (AvgIpc) is 2.85. The van der Waals surface area contributed by atoms with Gasteiger partial charge in [0.05, 0.1) is 6.26 Å². The zero-order valence-corrected chi connectivity index (χ0v) is 11.9. The van der Waals surface area contributed by atoms with Gasteiger partial charge in [0.15, 0.2) is 0 Å². The van der Waals surface area contributed by atoms with Crippen LogP contribution in [0, 0.1) is 0 Å². The summed E-state index contributed by atoms with van der Waals surface area (Å²) >= 11 is 0. The molecule has 2 atom stereocenters. The number of unbranched alkanes of at least 4 members (excludes halogenated alkanes) is 1. The second-order valence-corrected chi connectivity index (χ2v) is 5.54. The van der Waals surface area contributed by atoms with Crippen LogP contribution < -0.4 is 5.32 Å². The lowest BCUT2D eigenvalue weighted by Crippen LogP contribution is -2.34. The third kappa shape index (κ3) is 3.38. The highest BCUT2D eigenvalue weighted by atomic mass is 16.3. The van der Waals surface area contributed by atoms with Crippen LogP contribution in [0.15, 0.2) is 16.7 Å². The van der Waals surface area contributed by atoms with Crippen molar-refractivity contribution in [2.75, 3.05) is 0 Å². The van der Waals surface area contributed by atoms with Crippen LogP contribution >= 0.6 is 0 Å². The van der Waals surface area contributed by atoms with E-state index in [4.69, 9.17) is 4.42 Å². The molecular formula is C16H27NO. The van der Waals surface area contributed by atoms with Gasteiger partial charge in [-0.05, 0) is 31.7 Å². The smallest absolute Gasteiger partial charge is 0.108 e. The Bertz CT molecular complexity index is 345. The summed E-state index contributed by atoms with van der Waals surface area (Å²) in [5.74, 6) is 1.21. The normalized spacial score (nSPS) is 20.7. The van der Waals surface area contributed by atoms with Crippen LogP contribution in [0.25, 0.3) is 0 Å². The van der Waals surface area contributed by atoms with E-state index in [1.54, 1.807) is 0 Å². The lowest BCUT2D eigenvalue weighted by Gasteiger charge is -2.28. The van der Waals surface area contributed by atoms with Crippen molar-refractivity contribution in [2.45, 2.75) is 77.3 Å². The van der Waals surface area contributed by atoms with Crippen LogP contribution in [-0.4, -0.2) is 6.04 Å². The first-order valence-corrected chi connectivity index (χ1v) is 7.67. The molecule has 1 aliphatic carbocycles. The maximum Gasteiger partial charge on any atom is 0.108 e. The molecule has 1 N–H and O–H groups in total. The Labute approximate surface area is 111 Å². The quantitative estimate of drug-likeness (QED) is 0.763. The Hall–Kier alpha value is -0.760. The fourth-order valence-electron chi connectivity index (χ4n) is 3.05. The molecule has 0 spiro atoms. The van der Waals surface area contributed by atoms with Gasteiger partial charge in [-0.25, -0.2) is 0 Å². The molecule has 1 aliphatic rings. The second-order valence-electron chi connectivity index (χ2n) is 5.54. The van der Waals surface area contributed by atoms with Crippen molar-refractivity contribution in [1.29, 1.82) is 0 Å². The largest absolute Gasteiger partial charge is 0.469 e. The van der Waals surface area contributed by atoms with Crippen molar-refractivity contribution in [2.24, 2.45) is 0 Å². The van der Waals surface area contributed by atoms with Gasteiger partial charge in [-0.1, -0.05) is 33.1 Å². The van der Waals surface area contributed by atoms with Crippen molar-refractivity contribution in [3.8, 4) is 0 Å². The summed E-state index contributed by atoms with van der Waals surface area (Å²) in [5, 5.41) is 3.87. The molecule has 0 bridgehead atoms. The molecule has 0 saturated heterocycles. The van der Waals surface area contributed by atoms with Crippen LogP contribution in [0.5, 0.6) is 0 Å². The Morgan fingerprint density at radius 1 is 1.33 bits per heavy atom. The van der Waals surface area contributed by atoms with Gasteiger partial charge < -0.3 is 9.73 Å². The molecule has 1 heterocycles. The number of hydrogen-bond acceptors (Lipinski definition) is 2. The molecule has 18 heavy (non-hydrogen) atoms. The summed E-state index contributed by atoms with van der Waals surface area (Å²) in [4.78, 5) is 0. The number of furan rings is 1. The molecule has 2 rings (SSSR count). The predicted octanol–water partition coefficient (Wildman–Crippen LogP) is 4.61. The SMILES string of the molecule is CCCCC(CCC)NC1CCCc2occc21. The summed E-state index contributed by atoms with van der Waals surface area (Å²) < 4.78 is 5.57. The van der Waals surface area contributed by atoms with Gasteiger partial charge in [-0.3, -0.25) is 0 Å². The summed E-state index contributed by atoms with van der Waals surface area (Å²) in [6.45, 7) is 4.56. The van der Waals surface area contributed by atoms with E-state index < -0.39 is 0 Å². The molecular weight excluding hydrogens is 222 g/mol. The van der Waals surface area contributed by atoms with E-state index in [1.165, 1.54) is 56.3 Å². The first-order valence-electron chi connectivity index (χ1n) is 7.67.